The summed E-state index contributed by atoms with van der Waals surface area (Å²) in [4.78, 5) is 16.2. The van der Waals surface area contributed by atoms with Crippen LogP contribution in [0.4, 0.5) is 5.69 Å². The summed E-state index contributed by atoms with van der Waals surface area (Å²) in [6.45, 7) is 2.02. The smallest absolute Gasteiger partial charge is 0.141 e. The maximum atomic E-state index is 6.66. The second-order valence-electron chi connectivity index (χ2n) is 7.26. The first-order valence-corrected chi connectivity index (χ1v) is 10.9. The van der Waals surface area contributed by atoms with Gasteiger partial charge in [-0.15, -0.1) is 22.7 Å². The Labute approximate surface area is 165 Å². The summed E-state index contributed by atoms with van der Waals surface area (Å²) < 4.78 is 2.11. The predicted octanol–water partition coefficient (Wildman–Crippen LogP) is 5.05. The normalized spacial score (nSPS) is 14.7. The lowest BCUT2D eigenvalue weighted by atomic mass is 9.82. The zero-order valence-electron chi connectivity index (χ0n) is 15.4. The molecule has 1 saturated carbocycles. The van der Waals surface area contributed by atoms with Crippen molar-refractivity contribution < 1.29 is 0 Å². The number of nitrogens with zero attached hydrogens (tertiary/aromatic N) is 4. The zero-order chi connectivity index (χ0) is 18.5. The van der Waals surface area contributed by atoms with Gasteiger partial charge >= 0.3 is 0 Å². The number of pyridine rings is 1. The van der Waals surface area contributed by atoms with E-state index in [4.69, 9.17) is 10.7 Å². The Morgan fingerprint density at radius 3 is 2.78 bits per heavy atom. The minimum Gasteiger partial charge on any atom is -0.397 e. The monoisotopic (exact) mass is 395 g/mol. The first-order valence-electron chi connectivity index (χ1n) is 9.22. The molecule has 0 spiro atoms. The van der Waals surface area contributed by atoms with Crippen molar-refractivity contribution >= 4 is 38.6 Å². The molecule has 0 radical (unpaired) electrons. The van der Waals surface area contributed by atoms with Gasteiger partial charge in [0.25, 0.3) is 0 Å². The number of hydrogen-bond donors (Lipinski definition) is 1. The van der Waals surface area contributed by atoms with E-state index in [9.17, 15) is 0 Å². The number of rotatable bonds is 4. The molecule has 0 aromatic carbocycles. The fourth-order valence-electron chi connectivity index (χ4n) is 3.69. The number of aryl methyl sites for hydroxylation is 1. The van der Waals surface area contributed by atoms with Gasteiger partial charge in [0, 0.05) is 34.5 Å². The summed E-state index contributed by atoms with van der Waals surface area (Å²) in [7, 11) is 2.05. The quantitative estimate of drug-likeness (QED) is 0.525. The molecule has 1 aliphatic rings. The van der Waals surface area contributed by atoms with E-state index in [1.54, 1.807) is 22.7 Å². The number of nitrogen functional groups attached to an aromatic ring is 1. The minimum atomic E-state index is 0.779. The molecule has 1 fully saturated rings. The molecular formula is C20H21N5S2. The van der Waals surface area contributed by atoms with Gasteiger partial charge in [-0.25, -0.2) is 15.0 Å². The van der Waals surface area contributed by atoms with Crippen LogP contribution in [0.15, 0.2) is 23.8 Å². The van der Waals surface area contributed by atoms with Crippen LogP contribution in [0.25, 0.3) is 32.2 Å². The van der Waals surface area contributed by atoms with Gasteiger partial charge in [-0.1, -0.05) is 19.3 Å². The standard InChI is InChI=1S/C20H21N5S2/c1-11-23-10-15(25(11)2)13-9-14(19-22-6-7-26-19)24-20-17(13)18(21)16(27-20)8-12-4-3-5-12/h6-7,9-10,12H,3-5,8,21H2,1-2H3. The first kappa shape index (κ1) is 16.9. The number of fused-ring (bicyclic) bond motifs is 1. The van der Waals surface area contributed by atoms with Crippen LogP contribution < -0.4 is 5.73 Å². The number of hydrogen-bond acceptors (Lipinski definition) is 6. The molecule has 2 N–H and O–H groups in total. The van der Waals surface area contributed by atoms with E-state index in [0.717, 1.165) is 56.0 Å². The van der Waals surface area contributed by atoms with Gasteiger partial charge in [0.2, 0.25) is 0 Å². The minimum absolute atomic E-state index is 0.779. The van der Waals surface area contributed by atoms with Crippen molar-refractivity contribution in [1.29, 1.82) is 0 Å². The number of anilines is 1. The largest absolute Gasteiger partial charge is 0.397 e. The van der Waals surface area contributed by atoms with Crippen molar-refractivity contribution in [1.82, 2.24) is 19.5 Å². The number of thiazole rings is 1. The summed E-state index contributed by atoms with van der Waals surface area (Å²) in [6.07, 6.45) is 8.81. The lowest BCUT2D eigenvalue weighted by Gasteiger charge is -2.24. The maximum Gasteiger partial charge on any atom is 0.141 e. The van der Waals surface area contributed by atoms with E-state index in [0.29, 0.717) is 0 Å². The van der Waals surface area contributed by atoms with Crippen LogP contribution in [-0.4, -0.2) is 19.5 Å². The van der Waals surface area contributed by atoms with Crippen molar-refractivity contribution in [3.05, 3.63) is 34.5 Å². The Hall–Kier alpha value is -2.25. The highest BCUT2D eigenvalue weighted by molar-refractivity contribution is 7.19. The van der Waals surface area contributed by atoms with Crippen LogP contribution in [0.1, 0.15) is 30.0 Å². The Balaban J connectivity index is 1.75. The van der Waals surface area contributed by atoms with Gasteiger partial charge in [-0.05, 0) is 25.3 Å². The average Bonchev–Trinajstić information content (AvgIpc) is 3.33. The molecule has 4 aromatic rings. The number of imidazole rings is 1. The number of nitrogens with two attached hydrogens (primary N) is 1. The Bertz CT molecular complexity index is 1120. The Kier molecular flexibility index (Phi) is 4.02. The third kappa shape index (κ3) is 2.76. The van der Waals surface area contributed by atoms with Gasteiger partial charge in [-0.3, -0.25) is 0 Å². The maximum absolute atomic E-state index is 6.66. The van der Waals surface area contributed by atoms with E-state index < -0.39 is 0 Å². The Morgan fingerprint density at radius 2 is 2.15 bits per heavy atom. The lowest BCUT2D eigenvalue weighted by Crippen LogP contribution is -2.13. The summed E-state index contributed by atoms with van der Waals surface area (Å²) in [5.41, 5.74) is 10.6. The van der Waals surface area contributed by atoms with Crippen LogP contribution in [0.5, 0.6) is 0 Å². The highest BCUT2D eigenvalue weighted by Crippen LogP contribution is 2.43. The lowest BCUT2D eigenvalue weighted by molar-refractivity contribution is 0.316. The number of thiophene rings is 1. The summed E-state index contributed by atoms with van der Waals surface area (Å²) in [5, 5.41) is 3.99. The molecule has 4 heterocycles. The van der Waals surface area contributed by atoms with Gasteiger partial charge < -0.3 is 10.3 Å². The van der Waals surface area contributed by atoms with E-state index in [1.807, 2.05) is 31.7 Å². The van der Waals surface area contributed by atoms with E-state index in [1.165, 1.54) is 24.1 Å². The molecule has 0 saturated heterocycles. The molecule has 4 aromatic heterocycles. The molecule has 1 aliphatic carbocycles. The molecule has 0 bridgehead atoms. The molecule has 7 heteroatoms. The highest BCUT2D eigenvalue weighted by atomic mass is 32.1. The molecule has 5 nitrogen and oxygen atoms in total. The molecule has 138 valence electrons. The van der Waals surface area contributed by atoms with Crippen LogP contribution in [0.3, 0.4) is 0 Å². The van der Waals surface area contributed by atoms with Gasteiger partial charge in [0.1, 0.15) is 21.4 Å². The fourth-order valence-corrected chi connectivity index (χ4v) is 5.52. The molecule has 0 unspecified atom stereocenters. The van der Waals surface area contributed by atoms with Crippen molar-refractivity contribution in [3.63, 3.8) is 0 Å². The van der Waals surface area contributed by atoms with Crippen molar-refractivity contribution in [2.24, 2.45) is 13.0 Å². The second-order valence-corrected chi connectivity index (χ2v) is 9.24. The van der Waals surface area contributed by atoms with Crippen LogP contribution in [-0.2, 0) is 13.5 Å². The zero-order valence-corrected chi connectivity index (χ0v) is 17.0. The van der Waals surface area contributed by atoms with Crippen molar-refractivity contribution in [2.75, 3.05) is 5.73 Å². The summed E-state index contributed by atoms with van der Waals surface area (Å²) in [6, 6.07) is 2.12. The van der Waals surface area contributed by atoms with Crippen molar-refractivity contribution in [3.8, 4) is 22.0 Å². The van der Waals surface area contributed by atoms with Gasteiger partial charge in [0.15, 0.2) is 0 Å². The third-order valence-electron chi connectivity index (χ3n) is 5.62. The van der Waals surface area contributed by atoms with Gasteiger partial charge in [-0.2, -0.15) is 0 Å². The van der Waals surface area contributed by atoms with Gasteiger partial charge in [0.05, 0.1) is 17.6 Å². The first-order chi connectivity index (χ1) is 13.1. The average molecular weight is 396 g/mol. The van der Waals surface area contributed by atoms with E-state index in [-0.39, 0.29) is 0 Å². The molecule has 0 atom stereocenters. The Morgan fingerprint density at radius 1 is 1.30 bits per heavy atom. The number of aromatic nitrogens is 4. The molecule has 0 aliphatic heterocycles. The SMILES string of the molecule is Cc1ncc(-c2cc(-c3nccs3)nc3sc(CC4CCC4)c(N)c23)n1C. The highest BCUT2D eigenvalue weighted by Gasteiger charge is 2.24. The predicted molar refractivity (Wildman–Crippen MR) is 113 cm³/mol. The summed E-state index contributed by atoms with van der Waals surface area (Å²) in [5.74, 6) is 1.76. The van der Waals surface area contributed by atoms with Crippen LogP contribution in [0.2, 0.25) is 0 Å². The van der Waals surface area contributed by atoms with E-state index in [2.05, 4.69) is 20.6 Å². The van der Waals surface area contributed by atoms with Crippen LogP contribution in [0, 0.1) is 12.8 Å². The third-order valence-corrected chi connectivity index (χ3v) is 7.54. The second kappa shape index (κ2) is 6.42. The fraction of sp³-hybridized carbons (Fsp3) is 0.350. The molecule has 0 amide bonds. The van der Waals surface area contributed by atoms with Crippen LogP contribution >= 0.6 is 22.7 Å². The molecule has 27 heavy (non-hydrogen) atoms. The summed E-state index contributed by atoms with van der Waals surface area (Å²) >= 11 is 3.36. The molecular weight excluding hydrogens is 374 g/mol. The topological polar surface area (TPSA) is 69.6 Å². The molecule has 5 rings (SSSR count). The van der Waals surface area contributed by atoms with Crippen molar-refractivity contribution in [2.45, 2.75) is 32.6 Å². The van der Waals surface area contributed by atoms with E-state index >= 15 is 0 Å².